The van der Waals surface area contributed by atoms with Gasteiger partial charge in [0, 0.05) is 23.9 Å². The van der Waals surface area contributed by atoms with Crippen molar-refractivity contribution in [2.24, 2.45) is 5.92 Å². The third-order valence-electron chi connectivity index (χ3n) is 5.59. The van der Waals surface area contributed by atoms with E-state index in [0.717, 1.165) is 37.4 Å². The number of nitrogens with one attached hydrogen (secondary N) is 2. The molecule has 1 atom stereocenters. The van der Waals surface area contributed by atoms with Gasteiger partial charge in [0.1, 0.15) is 12.0 Å². The minimum atomic E-state index is -4.76. The van der Waals surface area contributed by atoms with Crippen molar-refractivity contribution in [2.75, 3.05) is 11.9 Å². The fourth-order valence-corrected chi connectivity index (χ4v) is 3.80. The van der Waals surface area contributed by atoms with Gasteiger partial charge in [-0.3, -0.25) is 5.32 Å². The molecule has 3 rings (SSSR count). The molecular weight excluding hydrogens is 397 g/mol. The Hall–Kier alpha value is -2.39. The van der Waals surface area contributed by atoms with Crippen molar-refractivity contribution < 1.29 is 23.4 Å². The third kappa shape index (κ3) is 5.20. The first kappa shape index (κ1) is 22.3. The van der Waals surface area contributed by atoms with Crippen LogP contribution in [-0.2, 0) is 6.18 Å². The van der Waals surface area contributed by atoms with E-state index in [4.69, 9.17) is 0 Å². The van der Waals surface area contributed by atoms with Crippen LogP contribution >= 0.6 is 0 Å². The summed E-state index contributed by atoms with van der Waals surface area (Å²) < 4.78 is 40.9. The predicted octanol–water partition coefficient (Wildman–Crippen LogP) is 4.72. The molecule has 9 heteroatoms. The van der Waals surface area contributed by atoms with Crippen LogP contribution in [0.4, 0.5) is 24.8 Å². The van der Waals surface area contributed by atoms with Crippen molar-refractivity contribution in [1.29, 1.82) is 0 Å². The Morgan fingerprint density at radius 3 is 2.53 bits per heavy atom. The summed E-state index contributed by atoms with van der Waals surface area (Å²) >= 11 is 0. The maximum absolute atomic E-state index is 13.6. The molecule has 0 spiro atoms. The van der Waals surface area contributed by atoms with Crippen molar-refractivity contribution in [3.63, 3.8) is 0 Å². The normalized spacial score (nSPS) is 16.5. The van der Waals surface area contributed by atoms with Gasteiger partial charge in [0.15, 0.2) is 5.69 Å². The van der Waals surface area contributed by atoms with Gasteiger partial charge in [-0.2, -0.15) is 13.2 Å². The van der Waals surface area contributed by atoms with E-state index in [1.165, 1.54) is 12.5 Å². The van der Waals surface area contributed by atoms with Crippen LogP contribution in [0.3, 0.4) is 0 Å². The highest BCUT2D eigenvalue weighted by Crippen LogP contribution is 2.35. The van der Waals surface area contributed by atoms with Gasteiger partial charge in [-0.05, 0) is 44.2 Å². The maximum Gasteiger partial charge on any atom is 0.433 e. The highest BCUT2D eigenvalue weighted by atomic mass is 19.4. The van der Waals surface area contributed by atoms with Gasteiger partial charge in [0.25, 0.3) is 0 Å². The number of rotatable bonds is 6. The van der Waals surface area contributed by atoms with E-state index >= 15 is 0 Å². The highest BCUT2D eigenvalue weighted by Gasteiger charge is 2.38. The number of nitrogens with zero attached hydrogens (tertiary/aromatic N) is 2. The molecule has 1 aliphatic rings. The zero-order chi connectivity index (χ0) is 21.9. The summed E-state index contributed by atoms with van der Waals surface area (Å²) in [7, 11) is 0. The molecule has 1 aromatic heterocycles. The van der Waals surface area contributed by atoms with E-state index in [1.54, 1.807) is 19.9 Å². The number of aliphatic hydroxyl groups excluding tert-OH is 1. The monoisotopic (exact) mass is 424 g/mol. The Bertz CT molecular complexity index is 883. The number of phenols is 1. The highest BCUT2D eigenvalue weighted by molar-refractivity contribution is 5.66. The van der Waals surface area contributed by atoms with Crippen LogP contribution in [0.15, 0.2) is 18.3 Å². The minimum absolute atomic E-state index is 0.0121. The number of halogens is 3. The summed E-state index contributed by atoms with van der Waals surface area (Å²) in [5.41, 5.74) is 0.0327. The second-order valence-corrected chi connectivity index (χ2v) is 7.84. The molecule has 0 aliphatic heterocycles. The molecule has 0 amide bonds. The summed E-state index contributed by atoms with van der Waals surface area (Å²) in [6.45, 7) is 3.84. The number of benzene rings is 1. The second-order valence-electron chi connectivity index (χ2n) is 7.84. The van der Waals surface area contributed by atoms with Crippen LogP contribution in [0.25, 0.3) is 0 Å². The molecule has 1 heterocycles. The summed E-state index contributed by atoms with van der Waals surface area (Å²) in [5, 5.41) is 25.8. The number of alkyl halides is 3. The molecule has 30 heavy (non-hydrogen) atoms. The lowest BCUT2D eigenvalue weighted by molar-refractivity contribution is -0.143. The van der Waals surface area contributed by atoms with Crippen molar-refractivity contribution in [1.82, 2.24) is 15.3 Å². The largest absolute Gasteiger partial charge is 0.508 e. The lowest BCUT2D eigenvalue weighted by Gasteiger charge is -2.24. The first-order chi connectivity index (χ1) is 14.2. The number of phenolic OH excluding ortho intramolecular Hbond substituents is 1. The van der Waals surface area contributed by atoms with Crippen molar-refractivity contribution >= 4 is 11.6 Å². The SMILES string of the molecule is Cc1ccc(O)c(C)c1Nc1ncc(C(O)NCC2CCCCC2)c(C(F)(F)F)n1. The van der Waals surface area contributed by atoms with E-state index in [1.807, 2.05) is 0 Å². The van der Waals surface area contributed by atoms with Gasteiger partial charge in [-0.1, -0.05) is 25.3 Å². The van der Waals surface area contributed by atoms with Crippen LogP contribution in [0.2, 0.25) is 0 Å². The Morgan fingerprint density at radius 2 is 1.87 bits per heavy atom. The Morgan fingerprint density at radius 1 is 1.17 bits per heavy atom. The molecule has 1 aromatic carbocycles. The van der Waals surface area contributed by atoms with Gasteiger partial charge < -0.3 is 15.5 Å². The number of aryl methyl sites for hydroxylation is 1. The Balaban J connectivity index is 1.82. The molecule has 2 aromatic rings. The van der Waals surface area contributed by atoms with Crippen LogP contribution < -0.4 is 10.6 Å². The van der Waals surface area contributed by atoms with Gasteiger partial charge in [0.2, 0.25) is 5.95 Å². The fourth-order valence-electron chi connectivity index (χ4n) is 3.80. The average Bonchev–Trinajstić information content (AvgIpc) is 2.72. The topological polar surface area (TPSA) is 90.3 Å². The van der Waals surface area contributed by atoms with E-state index in [0.29, 0.717) is 23.7 Å². The van der Waals surface area contributed by atoms with E-state index in [9.17, 15) is 23.4 Å². The van der Waals surface area contributed by atoms with E-state index < -0.39 is 23.7 Å². The van der Waals surface area contributed by atoms with E-state index in [2.05, 4.69) is 20.6 Å². The predicted molar refractivity (Wildman–Crippen MR) is 107 cm³/mol. The van der Waals surface area contributed by atoms with Crippen molar-refractivity contribution in [3.05, 3.63) is 40.7 Å². The van der Waals surface area contributed by atoms with Crippen molar-refractivity contribution in [2.45, 2.75) is 58.4 Å². The quantitative estimate of drug-likeness (QED) is 0.502. The number of hydrogen-bond acceptors (Lipinski definition) is 6. The molecule has 1 saturated carbocycles. The molecule has 0 bridgehead atoms. The third-order valence-corrected chi connectivity index (χ3v) is 5.59. The Labute approximate surface area is 173 Å². The molecule has 6 nitrogen and oxygen atoms in total. The van der Waals surface area contributed by atoms with Crippen LogP contribution in [0.5, 0.6) is 5.75 Å². The molecular formula is C21H27F3N4O2. The molecule has 0 radical (unpaired) electrons. The summed E-state index contributed by atoms with van der Waals surface area (Å²) in [6.07, 6.45) is 0.123. The standard InChI is InChI=1S/C21H27F3N4O2/c1-12-8-9-16(29)13(2)17(12)27-20-26-11-15(18(28-20)21(22,23)24)19(30)25-10-14-6-4-3-5-7-14/h8-9,11,14,19,25,29-30H,3-7,10H2,1-2H3,(H,26,27,28). The molecule has 0 saturated heterocycles. The average molecular weight is 424 g/mol. The fraction of sp³-hybridized carbons (Fsp3) is 0.524. The number of anilines is 2. The van der Waals surface area contributed by atoms with Crippen LogP contribution in [-0.4, -0.2) is 26.7 Å². The molecule has 164 valence electrons. The minimum Gasteiger partial charge on any atom is -0.508 e. The first-order valence-corrected chi connectivity index (χ1v) is 10.1. The molecule has 1 fully saturated rings. The number of aliphatic hydroxyl groups is 1. The second kappa shape index (κ2) is 9.18. The number of aromatic hydroxyl groups is 1. The van der Waals surface area contributed by atoms with Gasteiger partial charge in [0.05, 0.1) is 5.69 Å². The number of aromatic nitrogens is 2. The van der Waals surface area contributed by atoms with Crippen LogP contribution in [0.1, 0.15) is 60.7 Å². The Kier molecular flexibility index (Phi) is 6.82. The molecule has 1 aliphatic carbocycles. The van der Waals surface area contributed by atoms with Gasteiger partial charge in [-0.15, -0.1) is 0 Å². The molecule has 4 N–H and O–H groups in total. The zero-order valence-corrected chi connectivity index (χ0v) is 17.1. The van der Waals surface area contributed by atoms with Gasteiger partial charge >= 0.3 is 6.18 Å². The van der Waals surface area contributed by atoms with Crippen molar-refractivity contribution in [3.8, 4) is 5.75 Å². The lowest BCUT2D eigenvalue weighted by atomic mass is 9.89. The van der Waals surface area contributed by atoms with Gasteiger partial charge in [-0.25, -0.2) is 9.97 Å². The summed E-state index contributed by atoms with van der Waals surface area (Å²) in [5.74, 6) is 0.0989. The zero-order valence-electron chi connectivity index (χ0n) is 17.1. The molecule has 1 unspecified atom stereocenters. The maximum atomic E-state index is 13.6. The summed E-state index contributed by atoms with van der Waals surface area (Å²) in [6, 6.07) is 3.15. The number of hydrogen-bond donors (Lipinski definition) is 4. The first-order valence-electron chi connectivity index (χ1n) is 10.1. The smallest absolute Gasteiger partial charge is 0.433 e. The lowest BCUT2D eigenvalue weighted by Crippen LogP contribution is -2.30. The van der Waals surface area contributed by atoms with E-state index in [-0.39, 0.29) is 11.7 Å². The van der Waals surface area contributed by atoms with Crippen LogP contribution in [0, 0.1) is 19.8 Å². The summed E-state index contributed by atoms with van der Waals surface area (Å²) in [4.78, 5) is 7.61.